The number of fused-ring (bicyclic) bond motifs is 1. The molecule has 2 rings (SSSR count). The van der Waals surface area contributed by atoms with Crippen molar-refractivity contribution in [1.82, 2.24) is 0 Å². The van der Waals surface area contributed by atoms with Crippen molar-refractivity contribution in [3.05, 3.63) is 47.1 Å². The third-order valence-corrected chi connectivity index (χ3v) is 2.69. The minimum absolute atomic E-state index is 0.424. The van der Waals surface area contributed by atoms with Crippen LogP contribution in [0.15, 0.2) is 52.1 Å². The summed E-state index contributed by atoms with van der Waals surface area (Å²) in [6, 6.07) is 0. The van der Waals surface area contributed by atoms with Gasteiger partial charge in [0.05, 0.1) is 5.57 Å². The fourth-order valence-electron chi connectivity index (χ4n) is 1.11. The molecule has 0 bridgehead atoms. The molecule has 0 fully saturated rings. The van der Waals surface area contributed by atoms with Crippen molar-refractivity contribution in [3.63, 3.8) is 0 Å². The van der Waals surface area contributed by atoms with E-state index in [0.717, 1.165) is 10.6 Å². The van der Waals surface area contributed by atoms with Crippen LogP contribution in [0.4, 0.5) is 0 Å². The number of thioether (sulfide) groups is 1. The van der Waals surface area contributed by atoms with Crippen LogP contribution < -0.4 is 5.73 Å². The van der Waals surface area contributed by atoms with E-state index in [0.29, 0.717) is 5.57 Å². The van der Waals surface area contributed by atoms with Crippen molar-refractivity contribution in [3.8, 4) is 0 Å². The molecule has 0 atom stereocenters. The number of carbonyl (C=O) groups is 1. The van der Waals surface area contributed by atoms with Gasteiger partial charge in [-0.2, -0.15) is 0 Å². The van der Waals surface area contributed by atoms with Crippen LogP contribution >= 0.6 is 11.8 Å². The van der Waals surface area contributed by atoms with Crippen LogP contribution in [0.3, 0.4) is 0 Å². The predicted molar refractivity (Wildman–Crippen MR) is 58.7 cm³/mol. The Morgan fingerprint density at radius 3 is 3.07 bits per heavy atom. The number of nitrogens with zero attached hydrogens (tertiary/aromatic N) is 1. The van der Waals surface area contributed by atoms with Crippen molar-refractivity contribution >= 4 is 22.7 Å². The molecule has 70 valence electrons. The van der Waals surface area contributed by atoms with Crippen molar-refractivity contribution in [2.75, 3.05) is 0 Å². The Labute approximate surface area is 85.8 Å². The maximum absolute atomic E-state index is 10.9. The maximum Gasteiger partial charge on any atom is 0.250 e. The minimum atomic E-state index is -0.456. The molecule has 0 unspecified atom stereocenters. The molecule has 0 aromatic carbocycles. The number of allylic oxidation sites excluding steroid dienone is 3. The molecule has 2 aliphatic heterocycles. The zero-order valence-corrected chi connectivity index (χ0v) is 8.12. The van der Waals surface area contributed by atoms with Crippen LogP contribution in [0.2, 0.25) is 0 Å². The molecule has 0 spiro atoms. The van der Waals surface area contributed by atoms with Crippen LogP contribution in [-0.4, -0.2) is 11.0 Å². The Morgan fingerprint density at radius 1 is 1.43 bits per heavy atom. The molecule has 14 heavy (non-hydrogen) atoms. The Morgan fingerprint density at radius 2 is 2.29 bits per heavy atom. The first-order chi connectivity index (χ1) is 6.77. The van der Waals surface area contributed by atoms with E-state index < -0.39 is 5.91 Å². The van der Waals surface area contributed by atoms with Gasteiger partial charge in [0.25, 0.3) is 0 Å². The van der Waals surface area contributed by atoms with Gasteiger partial charge in [-0.05, 0) is 11.5 Å². The van der Waals surface area contributed by atoms with Gasteiger partial charge < -0.3 is 5.73 Å². The standard InChI is InChI=1S/C10H8N2OS/c11-9(13)8-4-3-7-2-1-5-14-10(7)12-6-8/h1-6H,(H2,11,13). The van der Waals surface area contributed by atoms with E-state index in [1.54, 1.807) is 6.08 Å². The van der Waals surface area contributed by atoms with E-state index in [2.05, 4.69) is 4.99 Å². The quantitative estimate of drug-likeness (QED) is 0.703. The Kier molecular flexibility index (Phi) is 2.37. The molecule has 0 radical (unpaired) electrons. The summed E-state index contributed by atoms with van der Waals surface area (Å²) >= 11 is 1.53. The molecule has 0 aromatic heterocycles. The molecular weight excluding hydrogens is 196 g/mol. The van der Waals surface area contributed by atoms with Gasteiger partial charge >= 0.3 is 0 Å². The topological polar surface area (TPSA) is 55.5 Å². The summed E-state index contributed by atoms with van der Waals surface area (Å²) in [5.74, 6) is -0.456. The van der Waals surface area contributed by atoms with Crippen LogP contribution in [0, 0.1) is 0 Å². The number of amides is 1. The number of hydrogen-bond acceptors (Lipinski definition) is 3. The highest BCUT2D eigenvalue weighted by Crippen LogP contribution is 2.23. The van der Waals surface area contributed by atoms with Gasteiger partial charge in [0, 0.05) is 11.8 Å². The number of primary amides is 1. The van der Waals surface area contributed by atoms with Crippen molar-refractivity contribution in [2.24, 2.45) is 10.7 Å². The first kappa shape index (κ1) is 9.02. The first-order valence-corrected chi connectivity index (χ1v) is 4.95. The van der Waals surface area contributed by atoms with Crippen LogP contribution in [0.25, 0.3) is 0 Å². The lowest BCUT2D eigenvalue weighted by atomic mass is 10.2. The second-order valence-corrected chi connectivity index (χ2v) is 3.68. The summed E-state index contributed by atoms with van der Waals surface area (Å²) in [7, 11) is 0. The highest BCUT2D eigenvalue weighted by molar-refractivity contribution is 8.17. The second kappa shape index (κ2) is 3.67. The van der Waals surface area contributed by atoms with Gasteiger partial charge in [-0.15, -0.1) is 0 Å². The average Bonchev–Trinajstić information content (AvgIpc) is 2.39. The SMILES string of the molecule is NC(=O)C1=CN=C2SC=CC=C2C=C1. The lowest BCUT2D eigenvalue weighted by molar-refractivity contribution is -0.114. The predicted octanol–water partition coefficient (Wildman–Crippen LogP) is 1.51. The zero-order chi connectivity index (χ0) is 9.97. The lowest BCUT2D eigenvalue weighted by Crippen LogP contribution is -2.11. The minimum Gasteiger partial charge on any atom is -0.366 e. The number of hydrogen-bond donors (Lipinski definition) is 1. The van der Waals surface area contributed by atoms with Gasteiger partial charge in [0.15, 0.2) is 0 Å². The van der Waals surface area contributed by atoms with E-state index in [1.807, 2.05) is 23.6 Å². The number of aliphatic imine (C=N–C) groups is 1. The van der Waals surface area contributed by atoms with Crippen molar-refractivity contribution in [1.29, 1.82) is 0 Å². The monoisotopic (exact) mass is 204 g/mol. The molecule has 0 saturated heterocycles. The Bertz CT molecular complexity index is 427. The summed E-state index contributed by atoms with van der Waals surface area (Å²) in [6.07, 6.45) is 8.92. The lowest BCUT2D eigenvalue weighted by Gasteiger charge is -2.04. The number of nitrogens with two attached hydrogens (primary N) is 1. The summed E-state index contributed by atoms with van der Waals surface area (Å²) in [5.41, 5.74) is 6.59. The third kappa shape index (κ3) is 1.70. The van der Waals surface area contributed by atoms with E-state index in [4.69, 9.17) is 5.73 Å². The van der Waals surface area contributed by atoms with Gasteiger partial charge in [-0.3, -0.25) is 4.79 Å². The summed E-state index contributed by atoms with van der Waals surface area (Å²) in [5, 5.41) is 2.83. The van der Waals surface area contributed by atoms with E-state index in [9.17, 15) is 4.79 Å². The van der Waals surface area contributed by atoms with Crippen molar-refractivity contribution < 1.29 is 4.79 Å². The largest absolute Gasteiger partial charge is 0.366 e. The fraction of sp³-hybridized carbons (Fsp3) is 0. The average molecular weight is 204 g/mol. The maximum atomic E-state index is 10.9. The molecule has 3 nitrogen and oxygen atoms in total. The number of rotatable bonds is 1. The summed E-state index contributed by atoms with van der Waals surface area (Å²) in [6.45, 7) is 0. The highest BCUT2D eigenvalue weighted by Gasteiger charge is 2.10. The first-order valence-electron chi connectivity index (χ1n) is 4.07. The molecule has 2 aliphatic rings. The molecule has 1 amide bonds. The van der Waals surface area contributed by atoms with Gasteiger partial charge in [-0.1, -0.05) is 30.0 Å². The normalized spacial score (nSPS) is 19.0. The van der Waals surface area contributed by atoms with Gasteiger partial charge in [0.1, 0.15) is 5.04 Å². The molecule has 2 heterocycles. The number of carbonyl (C=O) groups excluding carboxylic acids is 1. The smallest absolute Gasteiger partial charge is 0.250 e. The van der Waals surface area contributed by atoms with E-state index in [1.165, 1.54) is 18.0 Å². The Balaban J connectivity index is 2.39. The van der Waals surface area contributed by atoms with E-state index >= 15 is 0 Å². The molecule has 0 saturated carbocycles. The third-order valence-electron chi connectivity index (χ3n) is 1.83. The van der Waals surface area contributed by atoms with Crippen molar-refractivity contribution in [2.45, 2.75) is 0 Å². The fourth-order valence-corrected chi connectivity index (χ4v) is 1.79. The molecule has 0 aromatic rings. The van der Waals surface area contributed by atoms with Crippen LogP contribution in [0.1, 0.15) is 0 Å². The van der Waals surface area contributed by atoms with Crippen LogP contribution in [0.5, 0.6) is 0 Å². The van der Waals surface area contributed by atoms with Gasteiger partial charge in [0.2, 0.25) is 5.91 Å². The van der Waals surface area contributed by atoms with E-state index in [-0.39, 0.29) is 0 Å². The molecule has 2 N–H and O–H groups in total. The Hall–Kier alpha value is -1.55. The summed E-state index contributed by atoms with van der Waals surface area (Å²) in [4.78, 5) is 15.1. The van der Waals surface area contributed by atoms with Crippen LogP contribution in [-0.2, 0) is 4.79 Å². The zero-order valence-electron chi connectivity index (χ0n) is 7.31. The van der Waals surface area contributed by atoms with Gasteiger partial charge in [-0.25, -0.2) is 4.99 Å². The highest BCUT2D eigenvalue weighted by atomic mass is 32.2. The molecular formula is C10H8N2OS. The summed E-state index contributed by atoms with van der Waals surface area (Å²) < 4.78 is 0. The molecule has 0 aliphatic carbocycles. The second-order valence-electron chi connectivity index (χ2n) is 2.78. The molecule has 4 heteroatoms.